The first-order valence-electron chi connectivity index (χ1n) is 7.00. The first-order chi connectivity index (χ1) is 8.78. The molecule has 0 atom stereocenters. The van der Waals surface area contributed by atoms with Gasteiger partial charge in [-0.1, -0.05) is 22.0 Å². The molecule has 0 radical (unpaired) electrons. The highest BCUT2D eigenvalue weighted by molar-refractivity contribution is 9.10. The standard InChI is InChI=1S/C15H21BrN2/c16-14-2-1-3-15(13(14)8-17)18(9-11-4-5-11)10-12-6-7-12/h1-3,11-12H,4-10,17H2. The van der Waals surface area contributed by atoms with Gasteiger partial charge >= 0.3 is 0 Å². The summed E-state index contributed by atoms with van der Waals surface area (Å²) < 4.78 is 1.15. The Morgan fingerprint density at radius 2 is 1.72 bits per heavy atom. The molecular formula is C15H21BrN2. The number of rotatable bonds is 6. The number of benzene rings is 1. The SMILES string of the molecule is NCc1c(Br)cccc1N(CC1CC1)CC1CC1. The van der Waals surface area contributed by atoms with Crippen LogP contribution in [0.3, 0.4) is 0 Å². The van der Waals surface area contributed by atoms with E-state index in [9.17, 15) is 0 Å². The van der Waals surface area contributed by atoms with Gasteiger partial charge < -0.3 is 10.6 Å². The average molecular weight is 309 g/mol. The summed E-state index contributed by atoms with van der Waals surface area (Å²) in [5.41, 5.74) is 8.54. The lowest BCUT2D eigenvalue weighted by Gasteiger charge is -2.27. The van der Waals surface area contributed by atoms with Crippen LogP contribution in [0.1, 0.15) is 31.2 Å². The van der Waals surface area contributed by atoms with Crippen LogP contribution in [-0.2, 0) is 6.54 Å². The molecule has 0 bridgehead atoms. The molecule has 1 aromatic rings. The zero-order valence-electron chi connectivity index (χ0n) is 10.7. The summed E-state index contributed by atoms with van der Waals surface area (Å²) in [5, 5.41) is 0. The van der Waals surface area contributed by atoms with Crippen molar-refractivity contribution in [2.75, 3.05) is 18.0 Å². The van der Waals surface area contributed by atoms with E-state index < -0.39 is 0 Å². The molecule has 0 saturated heterocycles. The fourth-order valence-electron chi connectivity index (χ4n) is 2.54. The van der Waals surface area contributed by atoms with Crippen molar-refractivity contribution in [3.8, 4) is 0 Å². The Balaban J connectivity index is 1.84. The van der Waals surface area contributed by atoms with Crippen LogP contribution >= 0.6 is 15.9 Å². The van der Waals surface area contributed by atoms with E-state index in [0.717, 1.165) is 16.3 Å². The van der Waals surface area contributed by atoms with Crippen LogP contribution < -0.4 is 10.6 Å². The van der Waals surface area contributed by atoms with Crippen LogP contribution in [0.2, 0.25) is 0 Å². The van der Waals surface area contributed by atoms with Crippen LogP contribution in [0, 0.1) is 11.8 Å². The summed E-state index contributed by atoms with van der Waals surface area (Å²) in [6.45, 7) is 3.06. The van der Waals surface area contributed by atoms with Crippen molar-refractivity contribution < 1.29 is 0 Å². The van der Waals surface area contributed by atoms with Gasteiger partial charge in [0.1, 0.15) is 0 Å². The molecule has 18 heavy (non-hydrogen) atoms. The van der Waals surface area contributed by atoms with Crippen LogP contribution in [-0.4, -0.2) is 13.1 Å². The van der Waals surface area contributed by atoms with Crippen molar-refractivity contribution in [1.29, 1.82) is 0 Å². The normalized spacial score (nSPS) is 19.0. The molecule has 2 N–H and O–H groups in total. The molecule has 2 fully saturated rings. The van der Waals surface area contributed by atoms with Crippen molar-refractivity contribution in [2.45, 2.75) is 32.2 Å². The van der Waals surface area contributed by atoms with E-state index in [1.54, 1.807) is 0 Å². The minimum atomic E-state index is 0.614. The monoisotopic (exact) mass is 308 g/mol. The molecule has 2 aliphatic rings. The Morgan fingerprint density at radius 3 is 2.22 bits per heavy atom. The van der Waals surface area contributed by atoms with Crippen molar-refractivity contribution >= 4 is 21.6 Å². The number of hydrogen-bond donors (Lipinski definition) is 1. The number of nitrogens with zero attached hydrogens (tertiary/aromatic N) is 1. The molecular weight excluding hydrogens is 288 g/mol. The van der Waals surface area contributed by atoms with E-state index in [-0.39, 0.29) is 0 Å². The maximum atomic E-state index is 5.93. The van der Waals surface area contributed by atoms with E-state index in [0.29, 0.717) is 6.54 Å². The van der Waals surface area contributed by atoms with Gasteiger partial charge in [0.15, 0.2) is 0 Å². The largest absolute Gasteiger partial charge is 0.371 e. The third-order valence-corrected chi connectivity index (χ3v) is 4.73. The predicted octanol–water partition coefficient (Wildman–Crippen LogP) is 3.53. The van der Waals surface area contributed by atoms with Crippen LogP contribution in [0.4, 0.5) is 5.69 Å². The summed E-state index contributed by atoms with van der Waals surface area (Å²) in [6.07, 6.45) is 5.64. The second-order valence-electron chi connectivity index (χ2n) is 5.73. The van der Waals surface area contributed by atoms with Gasteiger partial charge in [-0.2, -0.15) is 0 Å². The zero-order valence-corrected chi connectivity index (χ0v) is 12.3. The summed E-state index contributed by atoms with van der Waals surface area (Å²) in [5.74, 6) is 1.85. The Morgan fingerprint density at radius 1 is 1.11 bits per heavy atom. The third-order valence-electron chi connectivity index (χ3n) is 3.99. The average Bonchev–Trinajstić information content (AvgIpc) is 3.22. The molecule has 0 spiro atoms. The van der Waals surface area contributed by atoms with E-state index in [4.69, 9.17) is 5.73 Å². The number of halogens is 1. The van der Waals surface area contributed by atoms with E-state index in [1.165, 1.54) is 50.0 Å². The van der Waals surface area contributed by atoms with Gasteiger partial charge in [0.2, 0.25) is 0 Å². The van der Waals surface area contributed by atoms with Crippen molar-refractivity contribution in [3.63, 3.8) is 0 Å². The fourth-order valence-corrected chi connectivity index (χ4v) is 3.06. The lowest BCUT2D eigenvalue weighted by Crippen LogP contribution is -2.29. The highest BCUT2D eigenvalue weighted by Gasteiger charge is 2.30. The minimum Gasteiger partial charge on any atom is -0.371 e. The molecule has 1 aromatic carbocycles. The molecule has 3 rings (SSSR count). The van der Waals surface area contributed by atoms with Gasteiger partial charge in [-0.25, -0.2) is 0 Å². The Hall–Kier alpha value is -0.540. The van der Waals surface area contributed by atoms with Gasteiger partial charge in [0, 0.05) is 35.4 Å². The van der Waals surface area contributed by atoms with Crippen LogP contribution in [0.25, 0.3) is 0 Å². The predicted molar refractivity (Wildman–Crippen MR) is 79.7 cm³/mol. The maximum Gasteiger partial charge on any atom is 0.0423 e. The summed E-state index contributed by atoms with van der Waals surface area (Å²) in [4.78, 5) is 2.59. The summed E-state index contributed by atoms with van der Waals surface area (Å²) >= 11 is 3.63. The number of nitrogens with two attached hydrogens (primary N) is 1. The highest BCUT2D eigenvalue weighted by atomic mass is 79.9. The van der Waals surface area contributed by atoms with Crippen molar-refractivity contribution in [2.24, 2.45) is 17.6 Å². The number of anilines is 1. The van der Waals surface area contributed by atoms with E-state index in [1.807, 2.05) is 0 Å². The lowest BCUT2D eigenvalue weighted by molar-refractivity contribution is 0.676. The second-order valence-corrected chi connectivity index (χ2v) is 6.59. The van der Waals surface area contributed by atoms with Gasteiger partial charge in [-0.3, -0.25) is 0 Å². The molecule has 0 amide bonds. The van der Waals surface area contributed by atoms with Gasteiger partial charge in [0.05, 0.1) is 0 Å². The number of hydrogen-bond acceptors (Lipinski definition) is 2. The highest BCUT2D eigenvalue weighted by Crippen LogP contribution is 2.37. The smallest absolute Gasteiger partial charge is 0.0423 e. The molecule has 3 heteroatoms. The molecule has 0 aromatic heterocycles. The Bertz CT molecular complexity index is 411. The molecule has 98 valence electrons. The van der Waals surface area contributed by atoms with E-state index in [2.05, 4.69) is 39.0 Å². The second kappa shape index (κ2) is 5.22. The topological polar surface area (TPSA) is 29.3 Å². The Labute approximate surface area is 118 Å². The molecule has 0 heterocycles. The van der Waals surface area contributed by atoms with E-state index >= 15 is 0 Å². The first-order valence-corrected chi connectivity index (χ1v) is 7.79. The lowest BCUT2D eigenvalue weighted by atomic mass is 10.1. The molecule has 0 aliphatic heterocycles. The molecule has 2 aliphatic carbocycles. The van der Waals surface area contributed by atoms with Crippen molar-refractivity contribution in [3.05, 3.63) is 28.2 Å². The summed E-state index contributed by atoms with van der Waals surface area (Å²) in [7, 11) is 0. The van der Waals surface area contributed by atoms with Crippen LogP contribution in [0.5, 0.6) is 0 Å². The summed E-state index contributed by atoms with van der Waals surface area (Å²) in [6, 6.07) is 6.46. The zero-order chi connectivity index (χ0) is 12.5. The van der Waals surface area contributed by atoms with Crippen LogP contribution in [0.15, 0.2) is 22.7 Å². The molecule has 0 unspecified atom stereocenters. The Kier molecular flexibility index (Phi) is 3.62. The fraction of sp³-hybridized carbons (Fsp3) is 0.600. The third kappa shape index (κ3) is 2.89. The molecule has 2 saturated carbocycles. The quantitative estimate of drug-likeness (QED) is 0.871. The minimum absolute atomic E-state index is 0.614. The van der Waals surface area contributed by atoms with Gasteiger partial charge in [-0.05, 0) is 49.7 Å². The molecule has 2 nitrogen and oxygen atoms in total. The van der Waals surface area contributed by atoms with Gasteiger partial charge in [0.25, 0.3) is 0 Å². The first kappa shape index (κ1) is 12.5. The van der Waals surface area contributed by atoms with Crippen molar-refractivity contribution in [1.82, 2.24) is 0 Å². The maximum absolute atomic E-state index is 5.93. The van der Waals surface area contributed by atoms with Gasteiger partial charge in [-0.15, -0.1) is 0 Å².